The van der Waals surface area contributed by atoms with Gasteiger partial charge < -0.3 is 15.2 Å². The van der Waals surface area contributed by atoms with Crippen molar-refractivity contribution in [2.24, 2.45) is 0 Å². The Morgan fingerprint density at radius 2 is 2.26 bits per heavy atom. The summed E-state index contributed by atoms with van der Waals surface area (Å²) in [5.41, 5.74) is 0.369. The molecule has 0 bridgehead atoms. The van der Waals surface area contributed by atoms with Gasteiger partial charge in [-0.15, -0.1) is 0 Å². The summed E-state index contributed by atoms with van der Waals surface area (Å²) in [4.78, 5) is 18.0. The summed E-state index contributed by atoms with van der Waals surface area (Å²) >= 11 is 0. The summed E-state index contributed by atoms with van der Waals surface area (Å²) in [6.45, 7) is 6.04. The Bertz CT molecular complexity index is 433. The largest absolute Gasteiger partial charge is 0.506 e. The first-order valence-electron chi connectivity index (χ1n) is 6.40. The van der Waals surface area contributed by atoms with Crippen LogP contribution in [0.1, 0.15) is 17.3 Å². The van der Waals surface area contributed by atoms with Crippen LogP contribution >= 0.6 is 0 Å². The van der Waals surface area contributed by atoms with Gasteiger partial charge in [-0.25, -0.2) is 0 Å². The Hall–Kier alpha value is -1.66. The number of carbonyl (C=O) groups is 1. The van der Waals surface area contributed by atoms with Crippen LogP contribution in [-0.2, 0) is 4.74 Å². The standard InChI is InChI=1S/C13H19N3O3/c1-10(9-16-2-4-19-5-3-16)15-13(18)11-6-12(17)8-14-7-11/h6-8,10,17H,2-5,9H2,1H3,(H,15,18). The van der Waals surface area contributed by atoms with Crippen LogP contribution in [0.5, 0.6) is 5.75 Å². The van der Waals surface area contributed by atoms with Crippen LogP contribution in [0.25, 0.3) is 0 Å². The second-order valence-corrected chi connectivity index (χ2v) is 4.72. The lowest BCUT2D eigenvalue weighted by Gasteiger charge is -2.29. The molecule has 0 aromatic carbocycles. The minimum Gasteiger partial charge on any atom is -0.506 e. The van der Waals surface area contributed by atoms with Crippen molar-refractivity contribution in [3.8, 4) is 5.75 Å². The van der Waals surface area contributed by atoms with Gasteiger partial charge in [-0.05, 0) is 13.0 Å². The molecule has 1 aromatic rings. The summed E-state index contributed by atoms with van der Waals surface area (Å²) in [6, 6.07) is 1.44. The molecule has 2 heterocycles. The number of hydrogen-bond acceptors (Lipinski definition) is 5. The molecule has 1 saturated heterocycles. The summed E-state index contributed by atoms with van der Waals surface area (Å²) in [5, 5.41) is 12.2. The highest BCUT2D eigenvalue weighted by atomic mass is 16.5. The number of aromatic hydroxyl groups is 1. The third-order valence-corrected chi connectivity index (χ3v) is 3.00. The molecule has 0 aliphatic carbocycles. The van der Waals surface area contributed by atoms with Crippen molar-refractivity contribution in [2.45, 2.75) is 13.0 Å². The van der Waals surface area contributed by atoms with Gasteiger partial charge in [0.05, 0.1) is 25.0 Å². The number of aromatic nitrogens is 1. The van der Waals surface area contributed by atoms with E-state index in [1.54, 1.807) is 0 Å². The maximum atomic E-state index is 11.9. The summed E-state index contributed by atoms with van der Waals surface area (Å²) in [6.07, 6.45) is 2.74. The van der Waals surface area contributed by atoms with E-state index in [9.17, 15) is 9.90 Å². The molecule has 1 fully saturated rings. The van der Waals surface area contributed by atoms with Crippen LogP contribution < -0.4 is 5.32 Å². The number of ether oxygens (including phenoxy) is 1. The number of hydrogen-bond donors (Lipinski definition) is 2. The zero-order valence-electron chi connectivity index (χ0n) is 11.0. The van der Waals surface area contributed by atoms with Gasteiger partial charge in [-0.1, -0.05) is 0 Å². The second kappa shape index (κ2) is 6.49. The third kappa shape index (κ3) is 4.18. The van der Waals surface area contributed by atoms with Gasteiger partial charge in [0.15, 0.2) is 0 Å². The molecule has 1 unspecified atom stereocenters. The molecule has 1 amide bonds. The number of rotatable bonds is 4. The smallest absolute Gasteiger partial charge is 0.253 e. The molecule has 0 radical (unpaired) electrons. The quantitative estimate of drug-likeness (QED) is 0.815. The lowest BCUT2D eigenvalue weighted by atomic mass is 10.2. The monoisotopic (exact) mass is 265 g/mol. The number of nitrogens with zero attached hydrogens (tertiary/aromatic N) is 2. The van der Waals surface area contributed by atoms with Crippen molar-refractivity contribution in [3.63, 3.8) is 0 Å². The van der Waals surface area contributed by atoms with Crippen LogP contribution in [-0.4, -0.2) is 59.8 Å². The van der Waals surface area contributed by atoms with Crippen LogP contribution in [0.4, 0.5) is 0 Å². The molecule has 1 atom stereocenters. The fourth-order valence-corrected chi connectivity index (χ4v) is 2.08. The maximum Gasteiger partial charge on any atom is 0.253 e. The van der Waals surface area contributed by atoms with E-state index in [0.717, 1.165) is 32.8 Å². The highest BCUT2D eigenvalue weighted by Crippen LogP contribution is 2.08. The Morgan fingerprint density at radius 1 is 1.53 bits per heavy atom. The van der Waals surface area contributed by atoms with Gasteiger partial charge in [0.2, 0.25) is 0 Å². The minimum absolute atomic E-state index is 0.00603. The lowest BCUT2D eigenvalue weighted by Crippen LogP contribution is -2.46. The first kappa shape index (κ1) is 13.8. The summed E-state index contributed by atoms with van der Waals surface area (Å²) in [5.74, 6) is -0.224. The molecule has 19 heavy (non-hydrogen) atoms. The number of amides is 1. The van der Waals surface area contributed by atoms with Crippen molar-refractivity contribution in [2.75, 3.05) is 32.8 Å². The van der Waals surface area contributed by atoms with E-state index in [1.807, 2.05) is 6.92 Å². The third-order valence-electron chi connectivity index (χ3n) is 3.00. The summed E-state index contributed by atoms with van der Waals surface area (Å²) in [7, 11) is 0. The molecule has 6 heteroatoms. The SMILES string of the molecule is CC(CN1CCOCC1)NC(=O)c1cncc(O)c1. The van der Waals surface area contributed by atoms with Crippen molar-refractivity contribution in [1.82, 2.24) is 15.2 Å². The average molecular weight is 265 g/mol. The van der Waals surface area contributed by atoms with Crippen molar-refractivity contribution in [3.05, 3.63) is 24.0 Å². The molecule has 1 aromatic heterocycles. The topological polar surface area (TPSA) is 74.7 Å². The first-order valence-corrected chi connectivity index (χ1v) is 6.40. The molecule has 2 rings (SSSR count). The molecular formula is C13H19N3O3. The second-order valence-electron chi connectivity index (χ2n) is 4.72. The van der Waals surface area contributed by atoms with E-state index in [1.165, 1.54) is 18.5 Å². The van der Waals surface area contributed by atoms with E-state index in [2.05, 4.69) is 15.2 Å². The van der Waals surface area contributed by atoms with Gasteiger partial charge in [-0.2, -0.15) is 0 Å². The Kier molecular flexibility index (Phi) is 4.70. The normalized spacial score (nSPS) is 17.9. The Labute approximate surface area is 112 Å². The predicted octanol–water partition coefficient (Wildman–Crippen LogP) is 0.238. The fraction of sp³-hybridized carbons (Fsp3) is 0.538. The maximum absolute atomic E-state index is 11.9. The zero-order valence-corrected chi connectivity index (χ0v) is 11.0. The first-order chi connectivity index (χ1) is 9.15. The fourth-order valence-electron chi connectivity index (χ4n) is 2.08. The molecule has 0 spiro atoms. The van der Waals surface area contributed by atoms with Crippen molar-refractivity contribution >= 4 is 5.91 Å². The molecule has 1 aliphatic rings. The number of pyridine rings is 1. The summed E-state index contributed by atoms with van der Waals surface area (Å²) < 4.78 is 5.28. The lowest BCUT2D eigenvalue weighted by molar-refractivity contribution is 0.0342. The Balaban J connectivity index is 1.84. The minimum atomic E-state index is -0.218. The highest BCUT2D eigenvalue weighted by molar-refractivity contribution is 5.94. The van der Waals surface area contributed by atoms with Gasteiger partial charge in [0, 0.05) is 31.9 Å². The number of morpholine rings is 1. The zero-order chi connectivity index (χ0) is 13.7. The van der Waals surface area contributed by atoms with Gasteiger partial charge >= 0.3 is 0 Å². The number of nitrogens with one attached hydrogen (secondary N) is 1. The van der Waals surface area contributed by atoms with E-state index in [4.69, 9.17) is 4.74 Å². The van der Waals surface area contributed by atoms with Crippen LogP contribution in [0.3, 0.4) is 0 Å². The van der Waals surface area contributed by atoms with Crippen molar-refractivity contribution < 1.29 is 14.6 Å². The molecule has 104 valence electrons. The van der Waals surface area contributed by atoms with Crippen LogP contribution in [0.15, 0.2) is 18.5 Å². The Morgan fingerprint density at radius 3 is 2.95 bits per heavy atom. The van der Waals surface area contributed by atoms with Gasteiger partial charge in [0.25, 0.3) is 5.91 Å². The van der Waals surface area contributed by atoms with Crippen LogP contribution in [0.2, 0.25) is 0 Å². The predicted molar refractivity (Wildman–Crippen MR) is 70.1 cm³/mol. The van der Waals surface area contributed by atoms with Gasteiger partial charge in [0.1, 0.15) is 5.75 Å². The van der Waals surface area contributed by atoms with E-state index < -0.39 is 0 Å². The molecule has 0 saturated carbocycles. The average Bonchev–Trinajstić information content (AvgIpc) is 2.39. The van der Waals surface area contributed by atoms with Crippen LogP contribution in [0, 0.1) is 0 Å². The highest BCUT2D eigenvalue weighted by Gasteiger charge is 2.16. The molecular weight excluding hydrogens is 246 g/mol. The molecule has 1 aliphatic heterocycles. The van der Waals surface area contributed by atoms with E-state index in [-0.39, 0.29) is 17.7 Å². The molecule has 2 N–H and O–H groups in total. The molecule has 6 nitrogen and oxygen atoms in total. The number of carbonyl (C=O) groups excluding carboxylic acids is 1. The van der Waals surface area contributed by atoms with E-state index in [0.29, 0.717) is 5.56 Å². The van der Waals surface area contributed by atoms with E-state index >= 15 is 0 Å². The van der Waals surface area contributed by atoms with Crippen molar-refractivity contribution in [1.29, 1.82) is 0 Å². The van der Waals surface area contributed by atoms with Gasteiger partial charge in [-0.3, -0.25) is 14.7 Å².